The van der Waals surface area contributed by atoms with Crippen LogP contribution in [0.4, 0.5) is 18.3 Å². The van der Waals surface area contributed by atoms with Crippen LogP contribution in [0, 0.1) is 12.8 Å². The lowest BCUT2D eigenvalue weighted by atomic mass is 9.81. The fraction of sp³-hybridized carbons (Fsp3) is 0.375. The minimum Gasteiger partial charge on any atom is -0.494 e. The van der Waals surface area contributed by atoms with Gasteiger partial charge >= 0.3 is 6.36 Å². The largest absolute Gasteiger partial charge is 0.522 e. The molecule has 3 aromatic rings. The molecule has 2 aliphatic rings. The smallest absolute Gasteiger partial charge is 0.494 e. The van der Waals surface area contributed by atoms with Crippen molar-refractivity contribution in [2.45, 2.75) is 45.3 Å². The van der Waals surface area contributed by atoms with Crippen molar-refractivity contribution < 1.29 is 32.2 Å². The van der Waals surface area contributed by atoms with E-state index < -0.39 is 24.3 Å². The minimum absolute atomic E-state index is 0.0393. The molecule has 38 heavy (non-hydrogen) atoms. The van der Waals surface area contributed by atoms with Crippen LogP contribution in [0.5, 0.6) is 5.75 Å². The molecule has 14 heteroatoms. The lowest BCUT2D eigenvalue weighted by Crippen LogP contribution is -2.44. The van der Waals surface area contributed by atoms with Gasteiger partial charge in [-0.1, -0.05) is 22.9 Å². The van der Waals surface area contributed by atoms with E-state index in [1.807, 2.05) is 0 Å². The van der Waals surface area contributed by atoms with Crippen molar-refractivity contribution in [2.24, 2.45) is 5.92 Å². The molecule has 0 bridgehead atoms. The van der Waals surface area contributed by atoms with E-state index in [1.54, 1.807) is 24.0 Å². The van der Waals surface area contributed by atoms with Gasteiger partial charge in [-0.25, -0.2) is 9.97 Å². The van der Waals surface area contributed by atoms with Crippen LogP contribution in [0.2, 0.25) is 5.15 Å². The molecule has 0 unspecified atom stereocenters. The number of anilines is 1. The summed E-state index contributed by atoms with van der Waals surface area (Å²) in [6.45, 7) is 2.31. The third-order valence-corrected chi connectivity index (χ3v) is 7.56. The molecule has 2 amide bonds. The molecule has 4 heterocycles. The number of pyridine rings is 2. The first-order valence-electron chi connectivity index (χ1n) is 11.5. The zero-order valence-electron chi connectivity index (χ0n) is 20.1. The lowest BCUT2D eigenvalue weighted by molar-refractivity contribution is -0.353. The number of thiazole rings is 1. The maximum Gasteiger partial charge on any atom is 0.522 e. The van der Waals surface area contributed by atoms with E-state index in [0.29, 0.717) is 33.4 Å². The highest BCUT2D eigenvalue weighted by molar-refractivity contribution is 7.16. The molecule has 1 aliphatic carbocycles. The number of nitrogens with zero attached hydrogens (tertiary/aromatic N) is 4. The fourth-order valence-electron chi connectivity index (χ4n) is 4.48. The van der Waals surface area contributed by atoms with E-state index in [1.165, 1.54) is 30.8 Å². The number of aryl methyl sites for hydroxylation is 1. The number of carbonyl (C=O) groups excluding carboxylic acids is 2. The Morgan fingerprint density at radius 3 is 2.61 bits per heavy atom. The standard InChI is InChI=1S/C24H21ClF3N5O4S/c1-11-3-14(15-6-20(25)30-8-18(15)36-2)16(7-29-11)21(34)32-23-31-17-9-33(10-19(17)38-23)22(35)12-4-13(5-12)37-24(26,27)28/h3,6-8,12-13H,4-5,9-10H2,1-2H3,(H,31,32,34)/t12-,13-. The number of fused-ring (bicyclic) bond motifs is 1. The number of alkyl halides is 3. The van der Waals surface area contributed by atoms with Gasteiger partial charge in [0, 0.05) is 28.9 Å². The summed E-state index contributed by atoms with van der Waals surface area (Å²) in [4.78, 5) is 41.1. The first-order chi connectivity index (χ1) is 18.0. The van der Waals surface area contributed by atoms with Crippen molar-refractivity contribution >= 4 is 39.9 Å². The van der Waals surface area contributed by atoms with E-state index in [4.69, 9.17) is 16.3 Å². The molecule has 1 aliphatic heterocycles. The van der Waals surface area contributed by atoms with E-state index in [0.717, 1.165) is 4.88 Å². The highest BCUT2D eigenvalue weighted by Crippen LogP contribution is 2.39. The van der Waals surface area contributed by atoms with Crippen LogP contribution < -0.4 is 10.1 Å². The summed E-state index contributed by atoms with van der Waals surface area (Å²) < 4.78 is 46.4. The van der Waals surface area contributed by atoms with Crippen LogP contribution in [0.25, 0.3) is 11.1 Å². The van der Waals surface area contributed by atoms with Crippen LogP contribution in [-0.2, 0) is 22.6 Å². The summed E-state index contributed by atoms with van der Waals surface area (Å²) in [5.74, 6) is -0.715. The number of hydrogen-bond acceptors (Lipinski definition) is 8. The van der Waals surface area contributed by atoms with E-state index in [-0.39, 0.29) is 42.6 Å². The van der Waals surface area contributed by atoms with Crippen molar-refractivity contribution in [1.29, 1.82) is 0 Å². The van der Waals surface area contributed by atoms with Crippen LogP contribution in [0.15, 0.2) is 24.5 Å². The second-order valence-corrected chi connectivity index (χ2v) is 10.4. The monoisotopic (exact) mass is 567 g/mol. The summed E-state index contributed by atoms with van der Waals surface area (Å²) in [5.41, 5.74) is 2.75. The van der Waals surface area contributed by atoms with Crippen LogP contribution in [0.3, 0.4) is 0 Å². The van der Waals surface area contributed by atoms with E-state index in [9.17, 15) is 22.8 Å². The van der Waals surface area contributed by atoms with Gasteiger partial charge in [0.25, 0.3) is 5.91 Å². The number of nitrogens with one attached hydrogen (secondary N) is 1. The van der Waals surface area contributed by atoms with Gasteiger partial charge in [0.2, 0.25) is 5.91 Å². The Bertz CT molecular complexity index is 1390. The van der Waals surface area contributed by atoms with Gasteiger partial charge in [-0.05, 0) is 31.9 Å². The van der Waals surface area contributed by atoms with Crippen molar-refractivity contribution in [1.82, 2.24) is 19.9 Å². The minimum atomic E-state index is -4.70. The summed E-state index contributed by atoms with van der Waals surface area (Å²) in [7, 11) is 1.49. The van der Waals surface area contributed by atoms with Crippen LogP contribution in [-0.4, -0.2) is 51.2 Å². The Hall–Kier alpha value is -3.29. The SMILES string of the molecule is COc1cnc(Cl)cc1-c1cc(C)ncc1C(=O)Nc1nc2c(s1)CN(C(=O)[C@H]1C[C@H](OC(F)(F)F)C1)C2. The number of aromatic nitrogens is 3. The molecule has 0 atom stereocenters. The van der Waals surface area contributed by atoms with Gasteiger partial charge < -0.3 is 9.64 Å². The second-order valence-electron chi connectivity index (χ2n) is 8.97. The Labute approximate surface area is 224 Å². The van der Waals surface area contributed by atoms with E-state index >= 15 is 0 Å². The Kier molecular flexibility index (Phi) is 7.01. The third-order valence-electron chi connectivity index (χ3n) is 6.36. The molecular weight excluding hydrogens is 547 g/mol. The molecule has 0 spiro atoms. The lowest BCUT2D eigenvalue weighted by Gasteiger charge is -2.36. The Morgan fingerprint density at radius 2 is 1.92 bits per heavy atom. The molecule has 0 saturated heterocycles. The van der Waals surface area contributed by atoms with Gasteiger partial charge in [0.15, 0.2) is 5.13 Å². The van der Waals surface area contributed by atoms with Gasteiger partial charge in [-0.15, -0.1) is 13.2 Å². The van der Waals surface area contributed by atoms with Gasteiger partial charge in [-0.3, -0.25) is 24.6 Å². The Balaban J connectivity index is 1.26. The van der Waals surface area contributed by atoms with Crippen molar-refractivity contribution in [3.8, 4) is 16.9 Å². The molecule has 0 radical (unpaired) electrons. The summed E-state index contributed by atoms with van der Waals surface area (Å²) >= 11 is 7.34. The van der Waals surface area contributed by atoms with Crippen LogP contribution >= 0.6 is 22.9 Å². The maximum absolute atomic E-state index is 13.2. The molecule has 200 valence electrons. The van der Waals surface area contributed by atoms with Crippen molar-refractivity contribution in [2.75, 3.05) is 12.4 Å². The third kappa shape index (κ3) is 5.45. The molecule has 5 rings (SSSR count). The molecule has 3 aromatic heterocycles. The summed E-state index contributed by atoms with van der Waals surface area (Å²) in [6.07, 6.45) is -2.67. The van der Waals surface area contributed by atoms with Crippen molar-refractivity contribution in [3.05, 3.63) is 51.5 Å². The average molecular weight is 568 g/mol. The second kappa shape index (κ2) is 10.1. The molecule has 1 saturated carbocycles. The highest BCUT2D eigenvalue weighted by atomic mass is 35.5. The number of ether oxygens (including phenoxy) is 2. The molecule has 0 aromatic carbocycles. The maximum atomic E-state index is 13.2. The number of halogens is 4. The first-order valence-corrected chi connectivity index (χ1v) is 12.7. The number of hydrogen-bond donors (Lipinski definition) is 1. The molecule has 1 fully saturated rings. The number of methoxy groups -OCH3 is 1. The predicted molar refractivity (Wildman–Crippen MR) is 132 cm³/mol. The number of carbonyl (C=O) groups is 2. The molecule has 1 N–H and O–H groups in total. The topological polar surface area (TPSA) is 107 Å². The zero-order valence-corrected chi connectivity index (χ0v) is 21.7. The molecule has 9 nitrogen and oxygen atoms in total. The van der Waals surface area contributed by atoms with Gasteiger partial charge in [0.1, 0.15) is 10.9 Å². The summed E-state index contributed by atoms with van der Waals surface area (Å²) in [6, 6.07) is 3.36. The molecular formula is C24H21ClF3N5O4S. The Morgan fingerprint density at radius 1 is 1.16 bits per heavy atom. The highest BCUT2D eigenvalue weighted by Gasteiger charge is 2.44. The van der Waals surface area contributed by atoms with E-state index in [2.05, 4.69) is 25.0 Å². The quantitative estimate of drug-likeness (QED) is 0.419. The zero-order chi connectivity index (χ0) is 27.2. The number of rotatable bonds is 6. The normalized spacial score (nSPS) is 18.6. The predicted octanol–water partition coefficient (Wildman–Crippen LogP) is 4.98. The first kappa shape index (κ1) is 26.3. The van der Waals surface area contributed by atoms with Crippen molar-refractivity contribution in [3.63, 3.8) is 0 Å². The van der Waals surface area contributed by atoms with Gasteiger partial charge in [-0.2, -0.15) is 0 Å². The summed E-state index contributed by atoms with van der Waals surface area (Å²) in [5, 5.41) is 3.40. The average Bonchev–Trinajstić information content (AvgIpc) is 3.38. The van der Waals surface area contributed by atoms with Gasteiger partial charge in [0.05, 0.1) is 48.6 Å². The fourth-order valence-corrected chi connectivity index (χ4v) is 5.62. The van der Waals surface area contributed by atoms with Crippen LogP contribution in [0.1, 0.15) is 39.5 Å². The number of amides is 2.